The maximum Gasteiger partial charge on any atom is 0.306 e. The summed E-state index contributed by atoms with van der Waals surface area (Å²) in [7, 11) is 0. The van der Waals surface area contributed by atoms with Gasteiger partial charge in [-0.3, -0.25) is 14.4 Å². The van der Waals surface area contributed by atoms with Crippen molar-refractivity contribution in [3.8, 4) is 0 Å². The van der Waals surface area contributed by atoms with E-state index in [1.54, 1.807) is 0 Å². The van der Waals surface area contributed by atoms with Gasteiger partial charge in [0.05, 0.1) is 0 Å². The van der Waals surface area contributed by atoms with Crippen molar-refractivity contribution in [3.63, 3.8) is 0 Å². The van der Waals surface area contributed by atoms with E-state index in [1.807, 2.05) is 0 Å². The van der Waals surface area contributed by atoms with Crippen LogP contribution in [0.2, 0.25) is 0 Å². The maximum atomic E-state index is 12.8. The lowest BCUT2D eigenvalue weighted by molar-refractivity contribution is -0.167. The normalized spacial score (nSPS) is 12.0. The molecule has 0 bridgehead atoms. The monoisotopic (exact) mass is 1010 g/mol. The molecule has 0 aromatic rings. The Morgan fingerprint density at radius 3 is 0.736 bits per heavy atom. The maximum absolute atomic E-state index is 12.8. The third-order valence-electron chi connectivity index (χ3n) is 15.0. The largest absolute Gasteiger partial charge is 0.462 e. The molecule has 0 aliphatic carbocycles. The Kier molecular flexibility index (Phi) is 60.1. The molecule has 6 nitrogen and oxygen atoms in total. The molecule has 0 N–H and O–H groups in total. The Balaban J connectivity index is 4.03. The van der Waals surface area contributed by atoms with Gasteiger partial charge in [-0.1, -0.05) is 328 Å². The van der Waals surface area contributed by atoms with Crippen LogP contribution in [0.1, 0.15) is 374 Å². The van der Waals surface area contributed by atoms with Crippen molar-refractivity contribution < 1.29 is 28.6 Å². The molecule has 72 heavy (non-hydrogen) atoms. The first-order valence-electron chi connectivity index (χ1n) is 32.7. The van der Waals surface area contributed by atoms with Crippen LogP contribution < -0.4 is 0 Å². The molecule has 6 heteroatoms. The highest BCUT2D eigenvalue weighted by Crippen LogP contribution is 2.19. The molecule has 426 valence electrons. The van der Waals surface area contributed by atoms with Gasteiger partial charge in [-0.05, 0) is 38.5 Å². The summed E-state index contributed by atoms with van der Waals surface area (Å²) >= 11 is 0. The molecule has 1 unspecified atom stereocenters. The minimum Gasteiger partial charge on any atom is -0.462 e. The number of esters is 3. The van der Waals surface area contributed by atoms with Crippen LogP contribution in [0.15, 0.2) is 12.2 Å². The van der Waals surface area contributed by atoms with E-state index in [9.17, 15) is 14.4 Å². The van der Waals surface area contributed by atoms with Crippen molar-refractivity contribution in [3.05, 3.63) is 12.2 Å². The minimum atomic E-state index is -0.767. The lowest BCUT2D eigenvalue weighted by Crippen LogP contribution is -2.30. The fraction of sp³-hybridized carbons (Fsp3) is 0.924. The molecule has 0 heterocycles. The number of unbranched alkanes of at least 4 members (excludes halogenated alkanes) is 48. The fourth-order valence-electron chi connectivity index (χ4n) is 10.1. The van der Waals surface area contributed by atoms with Crippen LogP contribution in [0.25, 0.3) is 0 Å². The molecule has 0 rings (SSSR count). The third-order valence-corrected chi connectivity index (χ3v) is 15.0. The van der Waals surface area contributed by atoms with Gasteiger partial charge in [0.15, 0.2) is 6.10 Å². The summed E-state index contributed by atoms with van der Waals surface area (Å²) in [4.78, 5) is 38.1. The van der Waals surface area contributed by atoms with Gasteiger partial charge in [0.2, 0.25) is 0 Å². The molecule has 0 aromatic heterocycles. The second kappa shape index (κ2) is 61.7. The van der Waals surface area contributed by atoms with E-state index in [4.69, 9.17) is 14.2 Å². The number of ether oxygens (including phenoxy) is 3. The van der Waals surface area contributed by atoms with Crippen molar-refractivity contribution in [1.82, 2.24) is 0 Å². The molecular formula is C66H126O6. The molecule has 0 aliphatic rings. The zero-order valence-electron chi connectivity index (χ0n) is 49.0. The van der Waals surface area contributed by atoms with Crippen molar-refractivity contribution in [2.45, 2.75) is 380 Å². The Labute approximate surface area is 450 Å². The predicted molar refractivity (Wildman–Crippen MR) is 312 cm³/mol. The summed E-state index contributed by atoms with van der Waals surface area (Å²) in [6.45, 7) is 6.66. The Hall–Kier alpha value is -1.85. The number of rotatable bonds is 61. The summed E-state index contributed by atoms with van der Waals surface area (Å²) in [5.74, 6) is -0.851. The average Bonchev–Trinajstić information content (AvgIpc) is 3.38. The van der Waals surface area contributed by atoms with Gasteiger partial charge in [-0.25, -0.2) is 0 Å². The molecule has 0 spiro atoms. The van der Waals surface area contributed by atoms with Crippen LogP contribution in [0.5, 0.6) is 0 Å². The van der Waals surface area contributed by atoms with Gasteiger partial charge in [-0.15, -0.1) is 0 Å². The number of hydrogen-bond acceptors (Lipinski definition) is 6. The van der Waals surface area contributed by atoms with Gasteiger partial charge >= 0.3 is 17.9 Å². The Bertz CT molecular complexity index is 1120. The van der Waals surface area contributed by atoms with Crippen molar-refractivity contribution in [1.29, 1.82) is 0 Å². The van der Waals surface area contributed by atoms with Crippen LogP contribution in [-0.2, 0) is 28.6 Å². The first kappa shape index (κ1) is 70.1. The first-order chi connectivity index (χ1) is 35.5. The van der Waals surface area contributed by atoms with E-state index in [1.165, 1.54) is 270 Å². The van der Waals surface area contributed by atoms with Crippen LogP contribution in [0.4, 0.5) is 0 Å². The molecule has 0 saturated carbocycles. The van der Waals surface area contributed by atoms with Crippen LogP contribution in [-0.4, -0.2) is 37.2 Å². The first-order valence-corrected chi connectivity index (χ1v) is 32.7. The fourth-order valence-corrected chi connectivity index (χ4v) is 10.1. The number of allylic oxidation sites excluding steroid dienone is 2. The molecule has 0 radical (unpaired) electrons. The van der Waals surface area contributed by atoms with Gasteiger partial charge in [0.25, 0.3) is 0 Å². The number of carbonyl (C=O) groups excluding carboxylic acids is 3. The lowest BCUT2D eigenvalue weighted by Gasteiger charge is -2.18. The summed E-state index contributed by atoms with van der Waals surface area (Å²) in [5.41, 5.74) is 0. The van der Waals surface area contributed by atoms with Crippen molar-refractivity contribution >= 4 is 17.9 Å². The number of carbonyl (C=O) groups is 3. The van der Waals surface area contributed by atoms with Crippen LogP contribution in [0.3, 0.4) is 0 Å². The quantitative estimate of drug-likeness (QED) is 0.0261. The summed E-state index contributed by atoms with van der Waals surface area (Å²) < 4.78 is 16.9. The van der Waals surface area contributed by atoms with Crippen molar-refractivity contribution in [2.24, 2.45) is 0 Å². The van der Waals surface area contributed by atoms with Gasteiger partial charge in [0.1, 0.15) is 13.2 Å². The SMILES string of the molecule is CCCC/C=C\CCCCCCCC(=O)OCC(COC(=O)CCCCCCCCCCCCCCCCCCCCCCCCCCCCCCCC)OC(=O)CCCCCCCCCCCCCCC. The van der Waals surface area contributed by atoms with Crippen LogP contribution >= 0.6 is 0 Å². The average molecular weight is 1020 g/mol. The van der Waals surface area contributed by atoms with Gasteiger partial charge in [-0.2, -0.15) is 0 Å². The predicted octanol–water partition coefficient (Wildman–Crippen LogP) is 22.1. The molecule has 0 aromatic carbocycles. The summed E-state index contributed by atoms with van der Waals surface area (Å²) in [5, 5.41) is 0. The lowest BCUT2D eigenvalue weighted by atomic mass is 10.0. The van der Waals surface area contributed by atoms with Gasteiger partial charge in [0, 0.05) is 19.3 Å². The summed E-state index contributed by atoms with van der Waals surface area (Å²) in [6, 6.07) is 0. The second-order valence-electron chi connectivity index (χ2n) is 22.4. The minimum absolute atomic E-state index is 0.0665. The molecular weight excluding hydrogens is 889 g/mol. The summed E-state index contributed by atoms with van der Waals surface area (Å²) in [6.07, 6.45) is 72.5. The molecule has 0 aliphatic heterocycles. The third kappa shape index (κ3) is 59.0. The van der Waals surface area contributed by atoms with E-state index in [-0.39, 0.29) is 31.1 Å². The zero-order valence-corrected chi connectivity index (χ0v) is 49.0. The highest BCUT2D eigenvalue weighted by molar-refractivity contribution is 5.71. The van der Waals surface area contributed by atoms with E-state index < -0.39 is 6.10 Å². The smallest absolute Gasteiger partial charge is 0.306 e. The van der Waals surface area contributed by atoms with E-state index >= 15 is 0 Å². The highest BCUT2D eigenvalue weighted by Gasteiger charge is 2.19. The van der Waals surface area contributed by atoms with E-state index in [2.05, 4.69) is 32.9 Å². The molecule has 0 amide bonds. The van der Waals surface area contributed by atoms with Crippen LogP contribution in [0, 0.1) is 0 Å². The highest BCUT2D eigenvalue weighted by atomic mass is 16.6. The molecule has 0 saturated heterocycles. The second-order valence-corrected chi connectivity index (χ2v) is 22.4. The number of hydrogen-bond donors (Lipinski definition) is 0. The van der Waals surface area contributed by atoms with E-state index in [0.717, 1.165) is 64.2 Å². The Morgan fingerprint density at radius 1 is 0.264 bits per heavy atom. The molecule has 1 atom stereocenters. The zero-order chi connectivity index (χ0) is 52.2. The standard InChI is InChI=1S/C66H126O6/c1-4-7-10-13-16-19-22-24-25-26-27-28-29-30-31-32-33-34-35-36-37-38-39-40-42-44-47-50-53-56-59-65(68)71-62-63(61-70-64(67)58-55-52-49-46-43-21-18-15-12-9-6-3)72-66(69)60-57-54-51-48-45-41-23-20-17-14-11-8-5-2/h15,18,63H,4-14,16-17,19-62H2,1-3H3/b18-15-. The van der Waals surface area contributed by atoms with Gasteiger partial charge < -0.3 is 14.2 Å². The van der Waals surface area contributed by atoms with E-state index in [0.29, 0.717) is 19.3 Å². The Morgan fingerprint density at radius 2 is 0.472 bits per heavy atom. The molecule has 0 fully saturated rings. The van der Waals surface area contributed by atoms with Crippen molar-refractivity contribution in [2.75, 3.05) is 13.2 Å². The topological polar surface area (TPSA) is 78.9 Å².